The lowest BCUT2D eigenvalue weighted by Gasteiger charge is -2.32. The number of benzene rings is 2. The van der Waals surface area contributed by atoms with Gasteiger partial charge >= 0.3 is 6.03 Å². The number of hydrogen-bond acceptors (Lipinski definition) is 5. The van der Waals surface area contributed by atoms with Gasteiger partial charge in [-0.2, -0.15) is 5.12 Å². The second-order valence-corrected chi connectivity index (χ2v) is 8.49. The van der Waals surface area contributed by atoms with E-state index >= 15 is 4.48 Å². The molecule has 10 heteroatoms. The molecule has 8 nitrogen and oxygen atoms in total. The molecule has 0 bridgehead atoms. The summed E-state index contributed by atoms with van der Waals surface area (Å²) in [5.41, 5.74) is 0.550. The Labute approximate surface area is 206 Å². The monoisotopic (exact) mass is 496 g/mol. The Morgan fingerprint density at radius 1 is 1.03 bits per heavy atom. The van der Waals surface area contributed by atoms with E-state index in [1.807, 2.05) is 0 Å². The van der Waals surface area contributed by atoms with Crippen molar-refractivity contribution in [1.29, 1.82) is 0 Å². The maximum Gasteiger partial charge on any atom is 0.315 e. The zero-order valence-electron chi connectivity index (χ0n) is 19.4. The smallest absolute Gasteiger partial charge is 0.315 e. The van der Waals surface area contributed by atoms with E-state index in [0.29, 0.717) is 31.2 Å². The zero-order valence-corrected chi connectivity index (χ0v) is 19.4. The summed E-state index contributed by atoms with van der Waals surface area (Å²) in [6.07, 6.45) is 3.13. The summed E-state index contributed by atoms with van der Waals surface area (Å²) < 4.78 is 33.8. The fourth-order valence-corrected chi connectivity index (χ4v) is 4.05. The number of phenols is 1. The van der Waals surface area contributed by atoms with Crippen LogP contribution in [0.1, 0.15) is 41.6 Å². The Hall–Kier alpha value is -4.21. The van der Waals surface area contributed by atoms with Gasteiger partial charge in [-0.05, 0) is 68.1 Å². The van der Waals surface area contributed by atoms with Gasteiger partial charge in [-0.25, -0.2) is 14.2 Å². The van der Waals surface area contributed by atoms with Gasteiger partial charge in [-0.3, -0.25) is 4.79 Å². The maximum atomic E-state index is 15.1. The van der Waals surface area contributed by atoms with Crippen molar-refractivity contribution in [2.75, 3.05) is 0 Å². The number of aromatic hydroxyl groups is 1. The number of amides is 3. The van der Waals surface area contributed by atoms with E-state index in [9.17, 15) is 19.1 Å². The van der Waals surface area contributed by atoms with E-state index in [1.165, 1.54) is 42.6 Å². The van der Waals surface area contributed by atoms with Crippen LogP contribution in [0.5, 0.6) is 17.4 Å². The van der Waals surface area contributed by atoms with Gasteiger partial charge in [0.05, 0.1) is 6.04 Å². The first-order valence-electron chi connectivity index (χ1n) is 11.6. The van der Waals surface area contributed by atoms with Gasteiger partial charge in [-0.15, -0.1) is 0 Å². The van der Waals surface area contributed by atoms with Crippen LogP contribution in [-0.4, -0.2) is 39.2 Å². The number of nitrogens with one attached hydrogen (secondary N) is 2. The summed E-state index contributed by atoms with van der Waals surface area (Å²) in [5.74, 6) is -1.02. The molecule has 4 rings (SSSR count). The van der Waals surface area contributed by atoms with Crippen LogP contribution < -0.4 is 15.4 Å². The van der Waals surface area contributed by atoms with Crippen LogP contribution in [-0.2, 0) is 6.54 Å². The molecule has 0 atom stereocenters. The molecule has 3 N–H and O–H groups in total. The molecule has 1 aliphatic rings. The molecule has 0 unspecified atom stereocenters. The molecule has 2 aromatic carbocycles. The van der Waals surface area contributed by atoms with Crippen molar-refractivity contribution in [3.8, 4) is 17.4 Å². The standard InChI is InChI=1S/C26H26F2N4O4/c27-18-7-13-21(14-8-18)36-24-22(5-3-15-29-24)25(34)32(28)20-11-9-19(10-12-20)31-26(35)30-16-17-4-1-2-6-23(17)33/h1-8,13-15,19-20,33H,9-12,16H2,(H2,30,31,35). The Morgan fingerprint density at radius 2 is 1.75 bits per heavy atom. The summed E-state index contributed by atoms with van der Waals surface area (Å²) in [7, 11) is 0. The highest BCUT2D eigenvalue weighted by Gasteiger charge is 2.32. The third kappa shape index (κ3) is 6.26. The Bertz CT molecular complexity index is 1200. The minimum absolute atomic E-state index is 0.0480. The number of hydrogen-bond donors (Lipinski definition) is 3. The fraction of sp³-hybridized carbons (Fsp3) is 0.269. The van der Waals surface area contributed by atoms with Crippen molar-refractivity contribution in [2.45, 2.75) is 44.3 Å². The number of para-hydroxylation sites is 1. The molecule has 1 heterocycles. The van der Waals surface area contributed by atoms with Gasteiger partial charge in [0.25, 0.3) is 5.91 Å². The number of urea groups is 1. The number of aromatic nitrogens is 1. The summed E-state index contributed by atoms with van der Waals surface area (Å²) in [6.45, 7) is 0.175. The second-order valence-electron chi connectivity index (χ2n) is 8.49. The predicted molar refractivity (Wildman–Crippen MR) is 128 cm³/mol. The van der Waals surface area contributed by atoms with E-state index < -0.39 is 17.8 Å². The molecule has 1 aliphatic carbocycles. The first-order valence-corrected chi connectivity index (χ1v) is 11.6. The molecule has 1 aromatic heterocycles. The topological polar surface area (TPSA) is 104 Å². The summed E-state index contributed by atoms with van der Waals surface area (Å²) in [4.78, 5) is 29.1. The largest absolute Gasteiger partial charge is 0.508 e. The number of ether oxygens (including phenoxy) is 1. The van der Waals surface area contributed by atoms with Crippen LogP contribution in [0.15, 0.2) is 66.9 Å². The normalized spacial score (nSPS) is 17.2. The summed E-state index contributed by atoms with van der Waals surface area (Å²) >= 11 is 0. The first-order chi connectivity index (χ1) is 17.4. The van der Waals surface area contributed by atoms with Crippen molar-refractivity contribution >= 4 is 11.9 Å². The third-order valence-electron chi connectivity index (χ3n) is 6.01. The molecule has 0 saturated heterocycles. The SMILES string of the molecule is O=C(NCc1ccccc1O)NC1CCC(N(F)C(=O)c2cccnc2Oc2ccc(F)cc2)CC1. The Kier molecular flexibility index (Phi) is 7.94. The fourth-order valence-electron chi connectivity index (χ4n) is 4.05. The number of carbonyl (C=O) groups is 2. The van der Waals surface area contributed by atoms with Crippen molar-refractivity contribution in [3.63, 3.8) is 0 Å². The zero-order chi connectivity index (χ0) is 25.5. The van der Waals surface area contributed by atoms with Gasteiger partial charge in [0.1, 0.15) is 22.9 Å². The molecule has 3 amide bonds. The summed E-state index contributed by atoms with van der Waals surface area (Å²) in [6, 6.07) is 13.6. The van der Waals surface area contributed by atoms with Crippen molar-refractivity contribution in [2.24, 2.45) is 0 Å². The second kappa shape index (κ2) is 11.5. The van der Waals surface area contributed by atoms with Crippen LogP contribution in [0, 0.1) is 5.82 Å². The molecular formula is C26H26F2N4O4. The van der Waals surface area contributed by atoms with Crippen LogP contribution in [0.3, 0.4) is 0 Å². The quantitative estimate of drug-likeness (QED) is 0.406. The number of pyridine rings is 1. The van der Waals surface area contributed by atoms with Crippen LogP contribution in [0.4, 0.5) is 13.7 Å². The highest BCUT2D eigenvalue weighted by molar-refractivity contribution is 5.96. The average molecular weight is 497 g/mol. The Balaban J connectivity index is 1.29. The van der Waals surface area contributed by atoms with E-state index in [-0.39, 0.29) is 46.7 Å². The van der Waals surface area contributed by atoms with Gasteiger partial charge in [0.2, 0.25) is 5.88 Å². The maximum absolute atomic E-state index is 15.1. The number of nitrogens with zero attached hydrogens (tertiary/aromatic N) is 2. The molecule has 0 aliphatic heterocycles. The lowest BCUT2D eigenvalue weighted by molar-refractivity contribution is -0.0182. The molecule has 0 spiro atoms. The molecule has 1 fully saturated rings. The predicted octanol–water partition coefficient (Wildman–Crippen LogP) is 4.86. The van der Waals surface area contributed by atoms with E-state index in [0.717, 1.165) is 0 Å². The number of halogens is 2. The van der Waals surface area contributed by atoms with Gasteiger partial charge < -0.3 is 20.5 Å². The van der Waals surface area contributed by atoms with Crippen LogP contribution in [0.2, 0.25) is 0 Å². The average Bonchev–Trinajstić information content (AvgIpc) is 2.89. The van der Waals surface area contributed by atoms with Crippen LogP contribution >= 0.6 is 0 Å². The van der Waals surface area contributed by atoms with Gasteiger partial charge in [-0.1, -0.05) is 22.7 Å². The van der Waals surface area contributed by atoms with Crippen molar-refractivity contribution in [3.05, 3.63) is 83.8 Å². The minimum Gasteiger partial charge on any atom is -0.508 e. The summed E-state index contributed by atoms with van der Waals surface area (Å²) in [5, 5.41) is 15.5. The van der Waals surface area contributed by atoms with Gasteiger partial charge in [0, 0.05) is 24.3 Å². The molecule has 188 valence electrons. The Morgan fingerprint density at radius 3 is 2.47 bits per heavy atom. The van der Waals surface area contributed by atoms with Crippen molar-refractivity contribution in [1.82, 2.24) is 20.7 Å². The highest BCUT2D eigenvalue weighted by atomic mass is 19.2. The molecule has 36 heavy (non-hydrogen) atoms. The molecule has 0 radical (unpaired) electrons. The van der Waals surface area contributed by atoms with Gasteiger partial charge in [0.15, 0.2) is 0 Å². The number of phenolic OH excluding ortho intramolecular Hbond substituents is 1. The number of rotatable bonds is 7. The van der Waals surface area contributed by atoms with E-state index in [4.69, 9.17) is 4.74 Å². The molecule has 3 aromatic rings. The molecular weight excluding hydrogens is 470 g/mol. The highest BCUT2D eigenvalue weighted by Crippen LogP contribution is 2.29. The lowest BCUT2D eigenvalue weighted by Crippen LogP contribution is -2.46. The van der Waals surface area contributed by atoms with Crippen LogP contribution in [0.25, 0.3) is 0 Å². The van der Waals surface area contributed by atoms with E-state index in [1.54, 1.807) is 24.3 Å². The third-order valence-corrected chi connectivity index (χ3v) is 6.01. The number of carbonyl (C=O) groups excluding carboxylic acids is 2. The van der Waals surface area contributed by atoms with E-state index in [2.05, 4.69) is 15.6 Å². The molecule has 1 saturated carbocycles. The minimum atomic E-state index is -0.878. The first kappa shape index (κ1) is 24.9. The van der Waals surface area contributed by atoms with Crippen molar-refractivity contribution < 1.29 is 28.3 Å². The lowest BCUT2D eigenvalue weighted by atomic mass is 9.91.